The van der Waals surface area contributed by atoms with Crippen LogP contribution in [0.1, 0.15) is 56.1 Å². The minimum atomic E-state index is -0.167. The number of benzene rings is 2. The van der Waals surface area contributed by atoms with E-state index in [0.29, 0.717) is 24.1 Å². The van der Waals surface area contributed by atoms with Crippen molar-refractivity contribution in [3.63, 3.8) is 0 Å². The molecule has 2 heterocycles. The first kappa shape index (κ1) is 29.0. The van der Waals surface area contributed by atoms with Gasteiger partial charge in [0, 0.05) is 35.9 Å². The van der Waals surface area contributed by atoms with Crippen LogP contribution in [-0.4, -0.2) is 52.7 Å². The van der Waals surface area contributed by atoms with E-state index in [0.717, 1.165) is 72.3 Å². The van der Waals surface area contributed by atoms with Gasteiger partial charge in [-0.25, -0.2) is 0 Å². The Morgan fingerprint density at radius 3 is 2.59 bits per heavy atom. The summed E-state index contributed by atoms with van der Waals surface area (Å²) in [5.41, 5.74) is 5.85. The molecule has 0 spiro atoms. The number of nitrogens with zero attached hydrogens (tertiary/aromatic N) is 3. The van der Waals surface area contributed by atoms with Gasteiger partial charge in [0.05, 0.1) is 37.7 Å². The Morgan fingerprint density at radius 2 is 1.90 bits per heavy atom. The van der Waals surface area contributed by atoms with E-state index in [9.17, 15) is 5.11 Å². The van der Waals surface area contributed by atoms with Crippen LogP contribution in [0.5, 0.6) is 11.5 Å². The van der Waals surface area contributed by atoms with E-state index in [2.05, 4.69) is 55.3 Å². The van der Waals surface area contributed by atoms with Crippen LogP contribution in [0.15, 0.2) is 48.5 Å². The average molecular weight is 553 g/mol. The maximum atomic E-state index is 9.79. The average Bonchev–Trinajstić information content (AvgIpc) is 3.28. The number of rotatable bonds is 11. The molecule has 1 fully saturated rings. The molecule has 8 heteroatoms. The van der Waals surface area contributed by atoms with Crippen molar-refractivity contribution >= 4 is 23.0 Å². The number of methoxy groups -OCH3 is 1. The highest BCUT2D eigenvalue weighted by molar-refractivity contribution is 6.30. The molecule has 1 aliphatic heterocycles. The van der Waals surface area contributed by atoms with Gasteiger partial charge in [-0.1, -0.05) is 37.6 Å². The lowest BCUT2D eigenvalue weighted by Crippen LogP contribution is -2.35. The number of halogens is 1. The summed E-state index contributed by atoms with van der Waals surface area (Å²) in [4.78, 5) is 2.38. The molecule has 2 aromatic carbocycles. The molecule has 0 unspecified atom stereocenters. The Bertz CT molecular complexity index is 1280. The second-order valence-corrected chi connectivity index (χ2v) is 11.1. The molecule has 0 saturated carbocycles. The van der Waals surface area contributed by atoms with E-state index < -0.39 is 0 Å². The highest BCUT2D eigenvalue weighted by atomic mass is 35.5. The van der Waals surface area contributed by atoms with Crippen LogP contribution in [0, 0.1) is 12.8 Å². The van der Waals surface area contributed by atoms with Crippen LogP contribution in [0.2, 0.25) is 5.02 Å². The minimum Gasteiger partial charge on any atom is -0.495 e. The second-order valence-electron chi connectivity index (χ2n) is 10.7. The van der Waals surface area contributed by atoms with Gasteiger partial charge in [-0.3, -0.25) is 9.58 Å². The lowest BCUT2D eigenvalue weighted by molar-refractivity contribution is 0.0792. The number of aliphatic hydroxyl groups excluding tert-OH is 1. The summed E-state index contributed by atoms with van der Waals surface area (Å²) in [6, 6.07) is 14.1. The van der Waals surface area contributed by atoms with Crippen LogP contribution in [-0.2, 0) is 13.1 Å². The first-order valence-electron chi connectivity index (χ1n) is 13.7. The molecule has 1 saturated heterocycles. The van der Waals surface area contributed by atoms with E-state index in [1.54, 1.807) is 7.11 Å². The standard InChI is InChI=1S/C31H41ClN4O3/c1-6-27(33-28-9-7-23(16-31(28)38-5)18-35-13-11-26(37)12-14-35)29-15-22(4)36(34-29)19-24-17-25(32)8-10-30(24)39-20-21(2)3/h6-10,15-17,21,26,33,37H,11-14,18-20H2,1-5H3/b27-6-. The highest BCUT2D eigenvalue weighted by Gasteiger charge is 2.18. The molecular weight excluding hydrogens is 512 g/mol. The van der Waals surface area contributed by atoms with Crippen molar-refractivity contribution in [3.8, 4) is 11.5 Å². The summed E-state index contributed by atoms with van der Waals surface area (Å²) in [6.07, 6.45) is 3.52. The SMILES string of the molecule is C/C=C(\Nc1ccc(CN2CCC(O)CC2)cc1OC)c1cc(C)n(Cc2cc(Cl)ccc2OCC(C)C)n1. The summed E-state index contributed by atoms with van der Waals surface area (Å²) in [5, 5.41) is 18.9. The van der Waals surface area contributed by atoms with Gasteiger partial charge >= 0.3 is 0 Å². The maximum absolute atomic E-state index is 9.79. The van der Waals surface area contributed by atoms with Crippen molar-refractivity contribution in [2.45, 2.75) is 59.7 Å². The molecule has 210 valence electrons. The molecule has 39 heavy (non-hydrogen) atoms. The number of aliphatic hydroxyl groups is 1. The molecule has 0 aliphatic carbocycles. The molecule has 1 aromatic heterocycles. The van der Waals surface area contributed by atoms with Crippen LogP contribution in [0.3, 0.4) is 0 Å². The quantitative estimate of drug-likeness (QED) is 0.288. The number of aromatic nitrogens is 2. The number of likely N-dealkylation sites (tertiary alicyclic amines) is 1. The Morgan fingerprint density at radius 1 is 1.13 bits per heavy atom. The number of anilines is 1. The number of hydrogen-bond acceptors (Lipinski definition) is 6. The molecule has 7 nitrogen and oxygen atoms in total. The fourth-order valence-corrected chi connectivity index (χ4v) is 4.93. The van der Waals surface area contributed by atoms with Gasteiger partial charge in [0.1, 0.15) is 17.2 Å². The second kappa shape index (κ2) is 13.4. The molecule has 0 atom stereocenters. The van der Waals surface area contributed by atoms with Crippen molar-refractivity contribution in [3.05, 3.63) is 76.1 Å². The van der Waals surface area contributed by atoms with E-state index in [4.69, 9.17) is 26.2 Å². The largest absolute Gasteiger partial charge is 0.495 e. The predicted octanol–water partition coefficient (Wildman–Crippen LogP) is 6.37. The molecule has 0 amide bonds. The van der Waals surface area contributed by atoms with Crippen molar-refractivity contribution in [1.29, 1.82) is 0 Å². The molecule has 2 N–H and O–H groups in total. The van der Waals surface area contributed by atoms with Gasteiger partial charge in [0.25, 0.3) is 0 Å². The highest BCUT2D eigenvalue weighted by Crippen LogP contribution is 2.31. The summed E-state index contributed by atoms with van der Waals surface area (Å²) >= 11 is 6.33. The van der Waals surface area contributed by atoms with Crippen LogP contribution in [0.25, 0.3) is 5.70 Å². The molecule has 4 rings (SSSR count). The number of piperidine rings is 1. The topological polar surface area (TPSA) is 71.8 Å². The summed E-state index contributed by atoms with van der Waals surface area (Å²) in [6.45, 7) is 12.2. The predicted molar refractivity (Wildman–Crippen MR) is 159 cm³/mol. The van der Waals surface area contributed by atoms with Crippen LogP contribution < -0.4 is 14.8 Å². The number of hydrogen-bond donors (Lipinski definition) is 2. The van der Waals surface area contributed by atoms with Gasteiger partial charge in [-0.15, -0.1) is 0 Å². The monoisotopic (exact) mass is 552 g/mol. The first-order valence-corrected chi connectivity index (χ1v) is 14.1. The fraction of sp³-hybridized carbons (Fsp3) is 0.452. The summed E-state index contributed by atoms with van der Waals surface area (Å²) in [5.74, 6) is 2.05. The van der Waals surface area contributed by atoms with Crippen LogP contribution in [0.4, 0.5) is 5.69 Å². The third-order valence-electron chi connectivity index (χ3n) is 6.96. The molecule has 3 aromatic rings. The van der Waals surface area contributed by atoms with Gasteiger partial charge in [0.15, 0.2) is 0 Å². The van der Waals surface area contributed by atoms with Gasteiger partial charge in [-0.2, -0.15) is 5.10 Å². The molecule has 0 bridgehead atoms. The fourth-order valence-electron chi connectivity index (χ4n) is 4.73. The molecule has 1 aliphatic rings. The summed E-state index contributed by atoms with van der Waals surface area (Å²) in [7, 11) is 1.69. The molecule has 0 radical (unpaired) electrons. The lowest BCUT2D eigenvalue weighted by atomic mass is 10.1. The lowest BCUT2D eigenvalue weighted by Gasteiger charge is -2.29. The van der Waals surface area contributed by atoms with Crippen molar-refractivity contribution in [2.75, 3.05) is 32.1 Å². The third kappa shape index (κ3) is 7.78. The van der Waals surface area contributed by atoms with E-state index in [1.165, 1.54) is 5.56 Å². The Hall–Kier alpha value is -3.00. The minimum absolute atomic E-state index is 0.167. The van der Waals surface area contributed by atoms with E-state index >= 15 is 0 Å². The zero-order valence-corrected chi connectivity index (χ0v) is 24.5. The van der Waals surface area contributed by atoms with E-state index in [1.807, 2.05) is 35.9 Å². The first-order chi connectivity index (χ1) is 18.7. The summed E-state index contributed by atoms with van der Waals surface area (Å²) < 4.78 is 13.8. The number of nitrogens with one attached hydrogen (secondary N) is 1. The van der Waals surface area contributed by atoms with E-state index in [-0.39, 0.29) is 6.10 Å². The Kier molecular flexibility index (Phi) is 9.94. The van der Waals surface area contributed by atoms with Crippen molar-refractivity contribution < 1.29 is 14.6 Å². The van der Waals surface area contributed by atoms with Crippen molar-refractivity contribution in [1.82, 2.24) is 14.7 Å². The van der Waals surface area contributed by atoms with Gasteiger partial charge in [0.2, 0.25) is 0 Å². The Balaban J connectivity index is 1.49. The normalized spacial score (nSPS) is 15.1. The zero-order valence-electron chi connectivity index (χ0n) is 23.7. The van der Waals surface area contributed by atoms with Crippen molar-refractivity contribution in [2.24, 2.45) is 5.92 Å². The number of aryl methyl sites for hydroxylation is 1. The van der Waals surface area contributed by atoms with Gasteiger partial charge < -0.3 is 19.9 Å². The van der Waals surface area contributed by atoms with Gasteiger partial charge in [-0.05, 0) is 74.6 Å². The maximum Gasteiger partial charge on any atom is 0.142 e. The number of ether oxygens (including phenoxy) is 2. The number of allylic oxidation sites excluding steroid dienone is 1. The third-order valence-corrected chi connectivity index (χ3v) is 7.19. The zero-order chi connectivity index (χ0) is 27.9. The smallest absolute Gasteiger partial charge is 0.142 e. The van der Waals surface area contributed by atoms with Crippen LogP contribution >= 0.6 is 11.6 Å². The molecular formula is C31H41ClN4O3. The Labute approximate surface area is 237 Å².